The van der Waals surface area contributed by atoms with Gasteiger partial charge in [-0.3, -0.25) is 0 Å². The van der Waals surface area contributed by atoms with Gasteiger partial charge in [-0.1, -0.05) is 39.0 Å². The largest absolute Gasteiger partial charge is 0.301 e. The Morgan fingerprint density at radius 3 is 2.79 bits per heavy atom. The third kappa shape index (κ3) is 3.03. The summed E-state index contributed by atoms with van der Waals surface area (Å²) in [5.74, 6) is 3.73. The Kier molecular flexibility index (Phi) is 5.04. The van der Waals surface area contributed by atoms with E-state index in [1.807, 2.05) is 0 Å². The molecule has 0 aromatic heterocycles. The van der Waals surface area contributed by atoms with E-state index in [1.54, 1.807) is 0 Å². The molecule has 0 aliphatic heterocycles. The molecule has 0 heterocycles. The summed E-state index contributed by atoms with van der Waals surface area (Å²) < 4.78 is 0. The number of hydrogen-bond donors (Lipinski definition) is 1. The average Bonchev–Trinajstić information content (AvgIpc) is 2.64. The Labute approximate surface area is 88.7 Å². The smallest absolute Gasteiger partial charge is 0.0689 e. The topological polar surface area (TPSA) is 12.0 Å². The van der Waals surface area contributed by atoms with E-state index in [9.17, 15) is 0 Å². The minimum absolute atomic E-state index is 0.303. The van der Waals surface area contributed by atoms with E-state index in [2.05, 4.69) is 25.1 Å². The molecule has 0 amide bonds. The van der Waals surface area contributed by atoms with Crippen molar-refractivity contribution in [2.45, 2.75) is 64.5 Å². The first kappa shape index (κ1) is 11.6. The van der Waals surface area contributed by atoms with Gasteiger partial charge in [0.15, 0.2) is 0 Å². The molecule has 1 aliphatic carbocycles. The van der Waals surface area contributed by atoms with E-state index in [0.717, 1.165) is 12.3 Å². The molecule has 3 atom stereocenters. The molecule has 0 aromatic rings. The van der Waals surface area contributed by atoms with E-state index in [1.165, 1.54) is 32.1 Å². The van der Waals surface area contributed by atoms with Crippen LogP contribution in [-0.2, 0) is 0 Å². The monoisotopic (exact) mass is 193 g/mol. The van der Waals surface area contributed by atoms with Crippen LogP contribution in [0.3, 0.4) is 0 Å². The van der Waals surface area contributed by atoms with Crippen molar-refractivity contribution >= 4 is 0 Å². The fourth-order valence-corrected chi connectivity index (χ4v) is 2.51. The van der Waals surface area contributed by atoms with Crippen LogP contribution in [0.2, 0.25) is 0 Å². The Morgan fingerprint density at radius 2 is 2.21 bits per heavy atom. The maximum Gasteiger partial charge on any atom is 0.0689 e. The zero-order valence-corrected chi connectivity index (χ0v) is 9.55. The van der Waals surface area contributed by atoms with Crippen molar-refractivity contribution in [3.63, 3.8) is 0 Å². The minimum Gasteiger partial charge on any atom is -0.301 e. The number of terminal acetylenes is 1. The molecule has 1 nitrogen and oxygen atoms in total. The summed E-state index contributed by atoms with van der Waals surface area (Å²) in [6, 6.07) is 0.991. The van der Waals surface area contributed by atoms with Gasteiger partial charge in [-0.05, 0) is 25.2 Å². The molecular formula is C13H23N. The van der Waals surface area contributed by atoms with Crippen molar-refractivity contribution in [3.8, 4) is 12.3 Å². The van der Waals surface area contributed by atoms with Crippen molar-refractivity contribution in [2.75, 3.05) is 0 Å². The lowest BCUT2D eigenvalue weighted by Crippen LogP contribution is -2.39. The molecule has 0 bridgehead atoms. The van der Waals surface area contributed by atoms with Crippen LogP contribution in [0.15, 0.2) is 0 Å². The number of rotatable bonds is 5. The molecule has 1 heteroatoms. The second-order valence-corrected chi connectivity index (χ2v) is 4.38. The van der Waals surface area contributed by atoms with Gasteiger partial charge >= 0.3 is 0 Å². The first-order chi connectivity index (χ1) is 6.81. The van der Waals surface area contributed by atoms with Gasteiger partial charge in [0, 0.05) is 6.04 Å². The van der Waals surface area contributed by atoms with Crippen LogP contribution in [0, 0.1) is 18.3 Å². The molecule has 1 fully saturated rings. The molecule has 1 rings (SSSR count). The predicted molar refractivity (Wildman–Crippen MR) is 62.1 cm³/mol. The normalized spacial score (nSPS) is 28.6. The maximum absolute atomic E-state index is 5.51. The van der Waals surface area contributed by atoms with Gasteiger partial charge in [0.25, 0.3) is 0 Å². The quantitative estimate of drug-likeness (QED) is 0.662. The first-order valence-corrected chi connectivity index (χ1v) is 6.04. The lowest BCUT2D eigenvalue weighted by molar-refractivity contribution is 0.365. The molecule has 1 N–H and O–H groups in total. The summed E-state index contributed by atoms with van der Waals surface area (Å²) in [6.07, 6.45) is 13.2. The van der Waals surface area contributed by atoms with Gasteiger partial charge in [0.2, 0.25) is 0 Å². The summed E-state index contributed by atoms with van der Waals surface area (Å²) in [4.78, 5) is 0. The van der Waals surface area contributed by atoms with Crippen LogP contribution in [0.1, 0.15) is 52.4 Å². The van der Waals surface area contributed by atoms with Crippen LogP contribution in [0.5, 0.6) is 0 Å². The molecule has 80 valence electrons. The van der Waals surface area contributed by atoms with E-state index in [-0.39, 0.29) is 0 Å². The van der Waals surface area contributed by atoms with E-state index in [0.29, 0.717) is 12.1 Å². The summed E-state index contributed by atoms with van der Waals surface area (Å²) in [5.41, 5.74) is 0. The summed E-state index contributed by atoms with van der Waals surface area (Å²) >= 11 is 0. The molecule has 0 saturated heterocycles. The van der Waals surface area contributed by atoms with Crippen molar-refractivity contribution in [1.29, 1.82) is 0 Å². The van der Waals surface area contributed by atoms with Gasteiger partial charge in [-0.25, -0.2) is 0 Å². The first-order valence-electron chi connectivity index (χ1n) is 6.04. The Balaban J connectivity index is 2.37. The Morgan fingerprint density at radius 1 is 1.43 bits per heavy atom. The summed E-state index contributed by atoms with van der Waals surface area (Å²) in [7, 11) is 0. The Bertz CT molecular complexity index is 192. The fourth-order valence-electron chi connectivity index (χ4n) is 2.51. The van der Waals surface area contributed by atoms with Gasteiger partial charge in [0.1, 0.15) is 0 Å². The highest BCUT2D eigenvalue weighted by molar-refractivity contribution is 5.01. The van der Waals surface area contributed by atoms with Crippen LogP contribution < -0.4 is 5.32 Å². The third-order valence-corrected chi connectivity index (χ3v) is 3.38. The second kappa shape index (κ2) is 6.09. The zero-order valence-electron chi connectivity index (χ0n) is 9.55. The highest BCUT2D eigenvalue weighted by Gasteiger charge is 2.26. The van der Waals surface area contributed by atoms with Crippen molar-refractivity contribution in [1.82, 2.24) is 5.32 Å². The predicted octanol–water partition coefficient (Wildman–Crippen LogP) is 2.96. The van der Waals surface area contributed by atoms with Crippen molar-refractivity contribution < 1.29 is 0 Å². The average molecular weight is 193 g/mol. The molecule has 1 aliphatic rings. The molecule has 1 saturated carbocycles. The van der Waals surface area contributed by atoms with E-state index >= 15 is 0 Å². The third-order valence-electron chi connectivity index (χ3n) is 3.38. The second-order valence-electron chi connectivity index (χ2n) is 4.38. The molecular weight excluding hydrogens is 170 g/mol. The van der Waals surface area contributed by atoms with Gasteiger partial charge in [-0.15, -0.1) is 6.42 Å². The zero-order chi connectivity index (χ0) is 10.4. The summed E-state index contributed by atoms with van der Waals surface area (Å²) in [5, 5.41) is 3.63. The van der Waals surface area contributed by atoms with E-state index < -0.39 is 0 Å². The van der Waals surface area contributed by atoms with Crippen LogP contribution in [-0.4, -0.2) is 12.1 Å². The highest BCUT2D eigenvalue weighted by atomic mass is 15.0. The maximum atomic E-state index is 5.51. The van der Waals surface area contributed by atoms with Crippen LogP contribution in [0.25, 0.3) is 0 Å². The number of nitrogens with one attached hydrogen (secondary N) is 1. The molecule has 3 unspecified atom stereocenters. The molecule has 0 aromatic carbocycles. The van der Waals surface area contributed by atoms with Crippen molar-refractivity contribution in [2.24, 2.45) is 5.92 Å². The van der Waals surface area contributed by atoms with Gasteiger partial charge < -0.3 is 5.32 Å². The van der Waals surface area contributed by atoms with Crippen molar-refractivity contribution in [3.05, 3.63) is 0 Å². The number of hydrogen-bond acceptors (Lipinski definition) is 1. The van der Waals surface area contributed by atoms with Gasteiger partial charge in [-0.2, -0.15) is 0 Å². The van der Waals surface area contributed by atoms with E-state index in [4.69, 9.17) is 6.42 Å². The lowest BCUT2D eigenvalue weighted by Gasteiger charge is -2.23. The van der Waals surface area contributed by atoms with Gasteiger partial charge in [0.05, 0.1) is 6.04 Å². The van der Waals surface area contributed by atoms with Crippen LogP contribution >= 0.6 is 0 Å². The SMILES string of the molecule is C#CC(CCC)NC1CCCC1CC. The molecule has 0 radical (unpaired) electrons. The molecule has 0 spiro atoms. The molecule has 14 heavy (non-hydrogen) atoms. The summed E-state index contributed by atoms with van der Waals surface area (Å²) in [6.45, 7) is 4.48. The standard InChI is InChI=1S/C13H23N/c1-4-8-12(6-3)14-13-10-7-9-11(13)5-2/h3,11-14H,4-5,7-10H2,1-2H3. The Hall–Kier alpha value is -0.480. The minimum atomic E-state index is 0.303. The van der Waals surface area contributed by atoms with Crippen LogP contribution in [0.4, 0.5) is 0 Å². The fraction of sp³-hybridized carbons (Fsp3) is 0.846. The lowest BCUT2D eigenvalue weighted by atomic mass is 9.99. The highest BCUT2D eigenvalue weighted by Crippen LogP contribution is 2.28.